The summed E-state index contributed by atoms with van der Waals surface area (Å²) in [7, 11) is 1.72. The quantitative estimate of drug-likeness (QED) is 0.800. The second-order valence-electron chi connectivity index (χ2n) is 5.15. The fraction of sp³-hybridized carbons (Fsp3) is 0.692. The van der Waals surface area contributed by atoms with E-state index in [1.165, 1.54) is 4.68 Å². The number of ether oxygens (including phenoxy) is 1. The Morgan fingerprint density at radius 2 is 2.25 bits per heavy atom. The number of aromatic nitrogens is 2. The molecule has 0 spiro atoms. The van der Waals surface area contributed by atoms with Gasteiger partial charge in [0.2, 0.25) is 0 Å². The number of carbonyl (C=O) groups is 1. The maximum atomic E-state index is 12.6. The number of aryl methyl sites for hydroxylation is 2. The molecule has 20 heavy (non-hydrogen) atoms. The van der Waals surface area contributed by atoms with Crippen LogP contribution < -0.4 is 5.73 Å². The highest BCUT2D eigenvalue weighted by molar-refractivity contribution is 5.98. The standard InChI is InChI=1S/C13H22N4O3/c1-4-10-11(14)12(16(3)15-10)13(19)17-5-8(2)20-9(6-17)7-18/h8-9,18H,4-7,14H2,1-3H3. The zero-order valence-electron chi connectivity index (χ0n) is 12.2. The first-order valence-electron chi connectivity index (χ1n) is 6.84. The molecule has 0 saturated carbocycles. The summed E-state index contributed by atoms with van der Waals surface area (Å²) < 4.78 is 7.07. The van der Waals surface area contributed by atoms with Gasteiger partial charge in [0, 0.05) is 20.1 Å². The van der Waals surface area contributed by atoms with Crippen molar-refractivity contribution in [1.29, 1.82) is 0 Å². The van der Waals surface area contributed by atoms with E-state index >= 15 is 0 Å². The minimum atomic E-state index is -0.345. The molecule has 1 aliphatic rings. The van der Waals surface area contributed by atoms with E-state index in [1.807, 2.05) is 13.8 Å². The normalized spacial score (nSPS) is 23.1. The largest absolute Gasteiger partial charge is 0.395 e. The van der Waals surface area contributed by atoms with Gasteiger partial charge in [-0.2, -0.15) is 5.10 Å². The van der Waals surface area contributed by atoms with Crippen LogP contribution >= 0.6 is 0 Å². The average molecular weight is 282 g/mol. The van der Waals surface area contributed by atoms with E-state index in [9.17, 15) is 9.90 Å². The molecule has 3 N–H and O–H groups in total. The van der Waals surface area contributed by atoms with Gasteiger partial charge in [-0.3, -0.25) is 9.48 Å². The Hall–Kier alpha value is -1.60. The van der Waals surface area contributed by atoms with Crippen molar-refractivity contribution in [2.45, 2.75) is 32.5 Å². The highest BCUT2D eigenvalue weighted by Crippen LogP contribution is 2.21. The van der Waals surface area contributed by atoms with Crippen molar-refractivity contribution in [2.75, 3.05) is 25.4 Å². The van der Waals surface area contributed by atoms with E-state index in [0.29, 0.717) is 30.9 Å². The molecular formula is C13H22N4O3. The third-order valence-electron chi connectivity index (χ3n) is 3.51. The van der Waals surface area contributed by atoms with Crippen molar-refractivity contribution in [3.63, 3.8) is 0 Å². The summed E-state index contributed by atoms with van der Waals surface area (Å²) in [5.74, 6) is -0.161. The molecule has 1 fully saturated rings. The maximum Gasteiger partial charge on any atom is 0.274 e. The Bertz CT molecular complexity index is 500. The van der Waals surface area contributed by atoms with Crippen LogP contribution in [0.5, 0.6) is 0 Å². The van der Waals surface area contributed by atoms with Crippen LogP contribution in [-0.4, -0.2) is 57.6 Å². The molecule has 0 bridgehead atoms. The van der Waals surface area contributed by atoms with Gasteiger partial charge in [-0.05, 0) is 13.3 Å². The Morgan fingerprint density at radius 3 is 2.80 bits per heavy atom. The van der Waals surface area contributed by atoms with E-state index in [-0.39, 0.29) is 24.7 Å². The first-order chi connectivity index (χ1) is 9.47. The van der Waals surface area contributed by atoms with E-state index in [0.717, 1.165) is 5.69 Å². The van der Waals surface area contributed by atoms with Gasteiger partial charge in [-0.1, -0.05) is 6.92 Å². The van der Waals surface area contributed by atoms with Gasteiger partial charge in [-0.15, -0.1) is 0 Å². The van der Waals surface area contributed by atoms with Gasteiger partial charge >= 0.3 is 0 Å². The predicted octanol–water partition coefficient (Wildman–Crippen LogP) is -0.213. The van der Waals surface area contributed by atoms with Gasteiger partial charge in [0.05, 0.1) is 30.2 Å². The fourth-order valence-corrected chi connectivity index (χ4v) is 2.57. The summed E-state index contributed by atoms with van der Waals surface area (Å²) in [5, 5.41) is 13.5. The second kappa shape index (κ2) is 5.80. The van der Waals surface area contributed by atoms with Crippen molar-refractivity contribution in [3.8, 4) is 0 Å². The Morgan fingerprint density at radius 1 is 1.55 bits per heavy atom. The third-order valence-corrected chi connectivity index (χ3v) is 3.51. The van der Waals surface area contributed by atoms with Gasteiger partial charge in [0.25, 0.3) is 5.91 Å². The van der Waals surface area contributed by atoms with Crippen LogP contribution in [0.3, 0.4) is 0 Å². The van der Waals surface area contributed by atoms with Gasteiger partial charge < -0.3 is 20.5 Å². The molecule has 1 aliphatic heterocycles. The molecule has 7 heteroatoms. The number of morpholine rings is 1. The molecule has 1 aromatic heterocycles. The van der Waals surface area contributed by atoms with Crippen LogP contribution in [0.4, 0.5) is 5.69 Å². The molecule has 0 radical (unpaired) electrons. The van der Waals surface area contributed by atoms with Crippen LogP contribution in [0.1, 0.15) is 30.0 Å². The average Bonchev–Trinajstić information content (AvgIpc) is 2.71. The smallest absolute Gasteiger partial charge is 0.274 e. The molecule has 0 aliphatic carbocycles. The minimum absolute atomic E-state index is 0.102. The van der Waals surface area contributed by atoms with Crippen LogP contribution in [0, 0.1) is 0 Å². The lowest BCUT2D eigenvalue weighted by molar-refractivity contribution is -0.0860. The van der Waals surface area contributed by atoms with E-state index in [4.69, 9.17) is 10.5 Å². The summed E-state index contributed by atoms with van der Waals surface area (Å²) in [6, 6.07) is 0. The topological polar surface area (TPSA) is 93.6 Å². The molecule has 2 heterocycles. The summed E-state index contributed by atoms with van der Waals surface area (Å²) >= 11 is 0. The van der Waals surface area contributed by atoms with Crippen molar-refractivity contribution in [2.24, 2.45) is 7.05 Å². The number of aliphatic hydroxyl groups excluding tert-OH is 1. The number of hydrogen-bond acceptors (Lipinski definition) is 5. The highest BCUT2D eigenvalue weighted by atomic mass is 16.5. The van der Waals surface area contributed by atoms with E-state index in [2.05, 4.69) is 5.10 Å². The molecule has 2 unspecified atom stereocenters. The summed E-state index contributed by atoms with van der Waals surface area (Å²) in [4.78, 5) is 14.3. The lowest BCUT2D eigenvalue weighted by Crippen LogP contribution is -2.50. The number of nitrogens with two attached hydrogens (primary N) is 1. The Kier molecular flexibility index (Phi) is 4.29. The molecule has 1 saturated heterocycles. The summed E-state index contributed by atoms with van der Waals surface area (Å²) in [5.41, 5.74) is 7.60. The van der Waals surface area contributed by atoms with Crippen LogP contribution in [0.2, 0.25) is 0 Å². The van der Waals surface area contributed by atoms with Crippen LogP contribution in [-0.2, 0) is 18.2 Å². The SMILES string of the molecule is CCc1nn(C)c(C(=O)N2CC(C)OC(CO)C2)c1N. The molecule has 1 amide bonds. The molecule has 112 valence electrons. The van der Waals surface area contributed by atoms with Crippen molar-refractivity contribution in [3.05, 3.63) is 11.4 Å². The second-order valence-corrected chi connectivity index (χ2v) is 5.15. The van der Waals surface area contributed by atoms with Gasteiger partial charge in [0.15, 0.2) is 0 Å². The predicted molar refractivity (Wildman–Crippen MR) is 74.3 cm³/mol. The molecule has 2 atom stereocenters. The molecular weight excluding hydrogens is 260 g/mol. The number of carbonyl (C=O) groups excluding carboxylic acids is 1. The number of anilines is 1. The molecule has 7 nitrogen and oxygen atoms in total. The number of nitrogen functional groups attached to an aromatic ring is 1. The van der Waals surface area contributed by atoms with Crippen molar-refractivity contribution < 1.29 is 14.6 Å². The Balaban J connectivity index is 2.25. The molecule has 2 rings (SSSR count). The lowest BCUT2D eigenvalue weighted by Gasteiger charge is -2.36. The molecule has 0 aromatic carbocycles. The lowest BCUT2D eigenvalue weighted by atomic mass is 10.2. The van der Waals surface area contributed by atoms with Crippen molar-refractivity contribution in [1.82, 2.24) is 14.7 Å². The molecule has 1 aromatic rings. The van der Waals surface area contributed by atoms with Gasteiger partial charge in [-0.25, -0.2) is 0 Å². The number of nitrogens with zero attached hydrogens (tertiary/aromatic N) is 3. The Labute approximate surface area is 118 Å². The minimum Gasteiger partial charge on any atom is -0.395 e. The summed E-state index contributed by atoms with van der Waals surface area (Å²) in [6.07, 6.45) is 0.235. The number of rotatable bonds is 3. The van der Waals surface area contributed by atoms with E-state index < -0.39 is 0 Å². The van der Waals surface area contributed by atoms with Crippen molar-refractivity contribution >= 4 is 11.6 Å². The number of hydrogen-bond donors (Lipinski definition) is 2. The third kappa shape index (κ3) is 2.64. The van der Waals surface area contributed by atoms with Crippen LogP contribution in [0.15, 0.2) is 0 Å². The highest BCUT2D eigenvalue weighted by Gasteiger charge is 2.31. The van der Waals surface area contributed by atoms with E-state index in [1.54, 1.807) is 11.9 Å². The monoisotopic (exact) mass is 282 g/mol. The first-order valence-corrected chi connectivity index (χ1v) is 6.84. The first kappa shape index (κ1) is 14.8. The zero-order valence-corrected chi connectivity index (χ0v) is 12.2. The van der Waals surface area contributed by atoms with Crippen LogP contribution in [0.25, 0.3) is 0 Å². The number of aliphatic hydroxyl groups is 1. The zero-order chi connectivity index (χ0) is 14.9. The number of amides is 1. The van der Waals surface area contributed by atoms with Gasteiger partial charge in [0.1, 0.15) is 5.69 Å². The maximum absolute atomic E-state index is 12.6. The fourth-order valence-electron chi connectivity index (χ4n) is 2.57. The summed E-state index contributed by atoms with van der Waals surface area (Å²) in [6.45, 7) is 4.58.